The molecule has 0 atom stereocenters. The van der Waals surface area contributed by atoms with Crippen molar-refractivity contribution in [2.75, 3.05) is 45.1 Å². The van der Waals surface area contributed by atoms with Gasteiger partial charge in [-0.1, -0.05) is 58.3 Å². The van der Waals surface area contributed by atoms with Gasteiger partial charge in [0.05, 0.1) is 6.16 Å². The van der Waals surface area contributed by atoms with Crippen molar-refractivity contribution in [2.24, 2.45) is 0 Å². The Morgan fingerprint density at radius 2 is 0.963 bits per heavy atom. The van der Waals surface area contributed by atoms with Crippen LogP contribution in [0.4, 0.5) is 0 Å². The first kappa shape index (κ1) is 30.0. The maximum absolute atomic E-state index is 6.07. The van der Waals surface area contributed by atoms with Crippen LogP contribution in [0.5, 0.6) is 0 Å². The Morgan fingerprint density at radius 3 is 1.33 bits per heavy atom. The van der Waals surface area contributed by atoms with E-state index in [-0.39, 0.29) is 12.4 Å². The van der Waals surface area contributed by atoms with Crippen LogP contribution in [-0.4, -0.2) is 53.9 Å². The maximum Gasteiger partial charge on any atom is 0.540 e. The summed E-state index contributed by atoms with van der Waals surface area (Å²) >= 11 is 0. The molecule has 0 saturated carbocycles. The Bertz CT molecular complexity index is 303. The fourth-order valence-corrected chi connectivity index (χ4v) is 12.1. The molecule has 0 saturated heterocycles. The van der Waals surface area contributed by atoms with E-state index in [4.69, 9.17) is 13.3 Å². The van der Waals surface area contributed by atoms with E-state index in [9.17, 15) is 0 Å². The van der Waals surface area contributed by atoms with Crippen LogP contribution in [0.2, 0.25) is 0 Å². The Morgan fingerprint density at radius 1 is 0.593 bits per heavy atom. The molecule has 0 aliphatic rings. The Labute approximate surface area is 178 Å². The summed E-state index contributed by atoms with van der Waals surface area (Å²) < 4.78 is 18.2. The van der Waals surface area contributed by atoms with E-state index in [1.54, 1.807) is 0 Å². The van der Waals surface area contributed by atoms with Crippen molar-refractivity contribution in [3.63, 3.8) is 0 Å². The Kier molecular flexibility index (Phi) is 20.9. The summed E-state index contributed by atoms with van der Waals surface area (Å²) in [5.41, 5.74) is 0. The quantitative estimate of drug-likeness (QED) is 0.173. The fraction of sp³-hybridized carbons (Fsp3) is 1.00. The van der Waals surface area contributed by atoms with E-state index >= 15 is 0 Å². The number of halogens is 1. The highest BCUT2D eigenvalue weighted by Gasteiger charge is 2.49. The van der Waals surface area contributed by atoms with Gasteiger partial charge >= 0.3 is 8.80 Å². The molecule has 0 amide bonds. The molecule has 0 aliphatic heterocycles. The molecule has 0 heterocycles. The van der Waals surface area contributed by atoms with Crippen molar-refractivity contribution in [3.05, 3.63) is 0 Å². The number of rotatable bonds is 19. The van der Waals surface area contributed by atoms with Crippen LogP contribution in [0.25, 0.3) is 0 Å². The lowest BCUT2D eigenvalue weighted by Crippen LogP contribution is -3.00. The molecule has 0 spiro atoms. The Balaban J connectivity index is 0. The number of hydrogen-bond donors (Lipinski definition) is 0. The van der Waals surface area contributed by atoms with Gasteiger partial charge in [0.25, 0.3) is 0 Å². The van der Waals surface area contributed by atoms with Crippen molar-refractivity contribution in [1.29, 1.82) is 0 Å². The standard InChI is InChI=1S/C21H48O3PSi.ClH/c1-7-11-12-13-14-15-16-17-18-19-20-25(5,6)21-26(22-8-2,23-9-3)24-10-4;/h7-21H2,1-6H3;1H/q+1;/p-1. The first-order chi connectivity index (χ1) is 12.4. The summed E-state index contributed by atoms with van der Waals surface area (Å²) in [6.45, 7) is 15.4. The monoisotopic (exact) mass is 442 g/mol. The van der Waals surface area contributed by atoms with Gasteiger partial charge < -0.3 is 25.7 Å². The summed E-state index contributed by atoms with van der Waals surface area (Å²) in [6.07, 6.45) is 15.4. The van der Waals surface area contributed by atoms with E-state index in [2.05, 4.69) is 20.3 Å². The summed E-state index contributed by atoms with van der Waals surface area (Å²) in [4.78, 5) is 0. The van der Waals surface area contributed by atoms with Crippen LogP contribution >= 0.6 is 7.26 Å². The van der Waals surface area contributed by atoms with Crippen LogP contribution in [-0.2, 0) is 13.3 Å². The largest absolute Gasteiger partial charge is 1.00 e. The van der Waals surface area contributed by atoms with Gasteiger partial charge in [-0.05, 0) is 33.6 Å². The molecule has 0 fully saturated rings. The second-order valence-corrected chi connectivity index (χ2v) is 15.8. The summed E-state index contributed by atoms with van der Waals surface area (Å²) in [6, 6.07) is 0. The predicted molar refractivity (Wildman–Crippen MR) is 121 cm³/mol. The molecule has 0 rings (SSSR count). The van der Waals surface area contributed by atoms with Gasteiger partial charge in [-0.2, -0.15) is 0 Å². The van der Waals surface area contributed by atoms with Gasteiger partial charge in [-0.25, -0.2) is 0 Å². The zero-order chi connectivity index (χ0) is 19.7. The third-order valence-corrected chi connectivity index (χ3v) is 13.5. The number of hydrogen-bond acceptors (Lipinski definition) is 3. The molecule has 6 heteroatoms. The highest BCUT2D eigenvalue weighted by Crippen LogP contribution is 2.54. The van der Waals surface area contributed by atoms with Gasteiger partial charge in [0.15, 0.2) is 0 Å². The molecule has 166 valence electrons. The summed E-state index contributed by atoms with van der Waals surface area (Å²) in [5.74, 6) is 1.03. The van der Waals surface area contributed by atoms with Crippen molar-refractivity contribution < 1.29 is 25.7 Å². The predicted octanol–water partition coefficient (Wildman–Crippen LogP) is 3.78. The van der Waals surface area contributed by atoms with E-state index in [0.717, 1.165) is 5.79 Å². The minimum atomic E-state index is -2.48. The summed E-state index contributed by atoms with van der Waals surface area (Å²) in [5, 5.41) is 0. The van der Waals surface area contributed by atoms with Gasteiger partial charge in [0.1, 0.15) is 5.79 Å². The van der Waals surface area contributed by atoms with Crippen molar-refractivity contribution in [3.8, 4) is 0 Å². The molecular weight excluding hydrogens is 395 g/mol. The minimum Gasteiger partial charge on any atom is -1.00 e. The third-order valence-electron chi connectivity index (χ3n) is 4.83. The maximum atomic E-state index is 6.07. The average Bonchev–Trinajstić information content (AvgIpc) is 2.57. The van der Waals surface area contributed by atoms with Crippen molar-refractivity contribution in [1.82, 2.24) is 0 Å². The van der Waals surface area contributed by atoms with Crippen LogP contribution in [0.1, 0.15) is 91.9 Å². The molecule has 0 unspecified atom stereocenters. The molecule has 0 aliphatic carbocycles. The molecular formula is C21H48ClO3PSi. The van der Waals surface area contributed by atoms with Gasteiger partial charge in [0.2, 0.25) is 0 Å². The smallest absolute Gasteiger partial charge is 0.540 e. The molecule has 0 N–H and O–H groups in total. The van der Waals surface area contributed by atoms with Gasteiger partial charge in [-0.15, -0.1) is 0 Å². The second kappa shape index (κ2) is 18.8. The van der Waals surface area contributed by atoms with Crippen LogP contribution < -0.4 is 12.4 Å². The third kappa shape index (κ3) is 16.3. The van der Waals surface area contributed by atoms with Crippen molar-refractivity contribution >= 4 is 16.1 Å². The van der Waals surface area contributed by atoms with Crippen molar-refractivity contribution in [2.45, 2.75) is 91.9 Å². The molecule has 0 aromatic rings. The fourth-order valence-electron chi connectivity index (χ4n) is 3.55. The van der Waals surface area contributed by atoms with Crippen LogP contribution in [0, 0.1) is 0 Å². The molecule has 3 nitrogen and oxygen atoms in total. The molecule has 0 radical (unpaired) electrons. The second-order valence-electron chi connectivity index (χ2n) is 7.98. The highest BCUT2D eigenvalue weighted by atomic mass is 35.5. The molecule has 0 aromatic carbocycles. The van der Waals surface area contributed by atoms with Crippen LogP contribution in [0.3, 0.4) is 0 Å². The zero-order valence-electron chi connectivity index (χ0n) is 19.2. The lowest BCUT2D eigenvalue weighted by atomic mass is 10.1. The van der Waals surface area contributed by atoms with Gasteiger partial charge in [-0.3, -0.25) is 0 Å². The first-order valence-electron chi connectivity index (χ1n) is 11.2. The summed E-state index contributed by atoms with van der Waals surface area (Å²) in [7, 11) is -3.52. The minimum absolute atomic E-state index is 0. The van der Waals surface area contributed by atoms with E-state index in [1.165, 1.54) is 70.4 Å². The molecule has 0 aromatic heterocycles. The van der Waals surface area contributed by atoms with Gasteiger partial charge in [0, 0.05) is 40.4 Å². The average molecular weight is 443 g/mol. The molecule has 0 bridgehead atoms. The number of unbranched alkanes of at least 4 members (excludes halogenated alkanes) is 9. The topological polar surface area (TPSA) is 27.7 Å². The van der Waals surface area contributed by atoms with E-state index in [0.29, 0.717) is 19.8 Å². The zero-order valence-corrected chi connectivity index (χ0v) is 21.8. The molecule has 27 heavy (non-hydrogen) atoms. The SMILES string of the molecule is CCCCCCCCCCCC[P+](C)(C)C[Si](OCC)(OCC)OCC.[Cl-]. The lowest BCUT2D eigenvalue weighted by molar-refractivity contribution is -0.0000171. The van der Waals surface area contributed by atoms with E-state index < -0.39 is 16.1 Å². The lowest BCUT2D eigenvalue weighted by Gasteiger charge is -2.31. The Hall–Kier alpha value is 0.817. The first-order valence-corrected chi connectivity index (χ1v) is 16.2. The van der Waals surface area contributed by atoms with E-state index in [1.807, 2.05) is 20.8 Å². The highest BCUT2D eigenvalue weighted by molar-refractivity contribution is 7.76. The van der Waals surface area contributed by atoms with Crippen LogP contribution in [0.15, 0.2) is 0 Å². The normalized spacial score (nSPS) is 12.2.